The monoisotopic (exact) mass is 398 g/mol. The Bertz CT molecular complexity index is 998. The van der Waals surface area contributed by atoms with Gasteiger partial charge < -0.3 is 5.11 Å². The van der Waals surface area contributed by atoms with Gasteiger partial charge in [0.15, 0.2) is 11.6 Å². The van der Waals surface area contributed by atoms with Crippen LogP contribution in [0.5, 0.6) is 0 Å². The van der Waals surface area contributed by atoms with E-state index in [1.807, 2.05) is 0 Å². The van der Waals surface area contributed by atoms with E-state index in [0.717, 1.165) is 5.56 Å². The van der Waals surface area contributed by atoms with Crippen molar-refractivity contribution in [3.8, 4) is 22.6 Å². The fraction of sp³-hybridized carbons (Fsp3) is 0.227. The summed E-state index contributed by atoms with van der Waals surface area (Å²) in [5.74, 6) is -0.358. The molecule has 0 aliphatic heterocycles. The molecule has 0 bridgehead atoms. The highest BCUT2D eigenvalue weighted by Crippen LogP contribution is 2.25. The number of rotatable bonds is 6. The molecule has 1 N–H and O–H groups in total. The van der Waals surface area contributed by atoms with Gasteiger partial charge in [0.2, 0.25) is 0 Å². The van der Waals surface area contributed by atoms with E-state index in [4.69, 9.17) is 11.6 Å². The van der Waals surface area contributed by atoms with Crippen molar-refractivity contribution in [2.45, 2.75) is 32.3 Å². The van der Waals surface area contributed by atoms with Gasteiger partial charge in [-0.1, -0.05) is 35.9 Å². The van der Waals surface area contributed by atoms with Crippen LogP contribution in [0.1, 0.15) is 37.2 Å². The van der Waals surface area contributed by atoms with Crippen LogP contribution in [0.15, 0.2) is 54.6 Å². The van der Waals surface area contributed by atoms with Crippen LogP contribution >= 0.6 is 11.6 Å². The predicted octanol–water partition coefficient (Wildman–Crippen LogP) is 5.34. The minimum absolute atomic E-state index is 0.142. The molecule has 28 heavy (non-hydrogen) atoms. The molecule has 0 saturated carbocycles. The van der Waals surface area contributed by atoms with Crippen molar-refractivity contribution >= 4 is 17.4 Å². The minimum atomic E-state index is -0.951. The number of aromatic nitrogens is 2. The number of benzene rings is 2. The molecular formula is C22H20ClFN2O2. The number of hydrogen-bond donors (Lipinski definition) is 1. The van der Waals surface area contributed by atoms with Gasteiger partial charge >= 0.3 is 0 Å². The van der Waals surface area contributed by atoms with E-state index in [-0.39, 0.29) is 23.7 Å². The summed E-state index contributed by atoms with van der Waals surface area (Å²) in [5, 5.41) is 10.5. The zero-order valence-corrected chi connectivity index (χ0v) is 16.4. The van der Waals surface area contributed by atoms with Gasteiger partial charge in [0, 0.05) is 22.6 Å². The van der Waals surface area contributed by atoms with Crippen molar-refractivity contribution in [1.29, 1.82) is 0 Å². The van der Waals surface area contributed by atoms with Gasteiger partial charge in [-0.3, -0.25) is 4.79 Å². The largest absolute Gasteiger partial charge is 0.390 e. The first-order chi connectivity index (χ1) is 13.2. The molecule has 0 saturated heterocycles. The Balaban J connectivity index is 2.05. The molecule has 0 atom stereocenters. The number of Topliss-reactive ketones (excluding diaryl/α,β-unsaturated/α-hetero) is 1. The van der Waals surface area contributed by atoms with Gasteiger partial charge in [0.25, 0.3) is 0 Å². The second kappa shape index (κ2) is 8.17. The first kappa shape index (κ1) is 20.1. The summed E-state index contributed by atoms with van der Waals surface area (Å²) in [6.07, 6.45) is 0.449. The van der Waals surface area contributed by atoms with Crippen LogP contribution in [0.25, 0.3) is 22.6 Å². The Labute approximate surface area is 168 Å². The maximum Gasteiger partial charge on any atom is 0.181 e. The van der Waals surface area contributed by atoms with E-state index in [9.17, 15) is 14.3 Å². The lowest BCUT2D eigenvalue weighted by Crippen LogP contribution is -2.20. The Morgan fingerprint density at radius 3 is 2.43 bits per heavy atom. The molecule has 4 nitrogen and oxygen atoms in total. The van der Waals surface area contributed by atoms with Crippen LogP contribution in [-0.2, 0) is 0 Å². The fourth-order valence-electron chi connectivity index (χ4n) is 2.66. The molecule has 0 amide bonds. The Kier molecular flexibility index (Phi) is 5.87. The molecule has 6 heteroatoms. The van der Waals surface area contributed by atoms with Crippen molar-refractivity contribution in [3.05, 3.63) is 71.1 Å². The van der Waals surface area contributed by atoms with Gasteiger partial charge in [-0.05, 0) is 50.6 Å². The maximum absolute atomic E-state index is 13.7. The molecule has 3 rings (SSSR count). The third-order valence-corrected chi connectivity index (χ3v) is 4.45. The summed E-state index contributed by atoms with van der Waals surface area (Å²) in [5.41, 5.74) is 1.06. The van der Waals surface area contributed by atoms with Crippen LogP contribution in [0, 0.1) is 5.82 Å². The van der Waals surface area contributed by atoms with Crippen molar-refractivity contribution in [2.24, 2.45) is 0 Å². The number of nitrogens with zero attached hydrogens (tertiary/aromatic N) is 2. The zero-order chi connectivity index (χ0) is 20.3. The quantitative estimate of drug-likeness (QED) is 0.569. The van der Waals surface area contributed by atoms with Crippen molar-refractivity contribution in [3.63, 3.8) is 0 Å². The molecule has 0 radical (unpaired) electrons. The van der Waals surface area contributed by atoms with E-state index >= 15 is 0 Å². The first-order valence-corrected chi connectivity index (χ1v) is 9.26. The van der Waals surface area contributed by atoms with E-state index < -0.39 is 11.4 Å². The molecule has 144 valence electrons. The molecule has 2 aromatic carbocycles. The summed E-state index contributed by atoms with van der Waals surface area (Å²) in [4.78, 5) is 21.5. The summed E-state index contributed by atoms with van der Waals surface area (Å²) in [6, 6.07) is 14.6. The topological polar surface area (TPSA) is 63.1 Å². The summed E-state index contributed by atoms with van der Waals surface area (Å²) < 4.78 is 13.7. The third-order valence-electron chi connectivity index (χ3n) is 4.20. The first-order valence-electron chi connectivity index (χ1n) is 8.88. The highest BCUT2D eigenvalue weighted by Gasteiger charge is 2.19. The Hall–Kier alpha value is -2.63. The lowest BCUT2D eigenvalue weighted by Gasteiger charge is -2.16. The standard InChI is InChI=1S/C22H20ClFN2O2/c1-22(2,28)11-10-20(27)19-13-18(14-6-8-16(23)9-7-14)25-21(26-19)15-4-3-5-17(24)12-15/h3-9,12-13,28H,10-11H2,1-2H3. The highest BCUT2D eigenvalue weighted by atomic mass is 35.5. The summed E-state index contributed by atoms with van der Waals surface area (Å²) in [7, 11) is 0. The number of hydrogen-bond acceptors (Lipinski definition) is 4. The van der Waals surface area contributed by atoms with Gasteiger partial charge in [0.1, 0.15) is 11.5 Å². The normalized spacial score (nSPS) is 11.5. The second-order valence-corrected chi connectivity index (χ2v) is 7.65. The number of halogens is 2. The van der Waals surface area contributed by atoms with Crippen molar-refractivity contribution in [1.82, 2.24) is 9.97 Å². The fourth-order valence-corrected chi connectivity index (χ4v) is 2.79. The average Bonchev–Trinajstić information content (AvgIpc) is 2.65. The number of carbonyl (C=O) groups excluding carboxylic acids is 1. The lowest BCUT2D eigenvalue weighted by atomic mass is 9.99. The van der Waals surface area contributed by atoms with Crippen LogP contribution in [-0.4, -0.2) is 26.5 Å². The molecule has 0 unspecified atom stereocenters. The minimum Gasteiger partial charge on any atom is -0.390 e. The van der Waals surface area contributed by atoms with Gasteiger partial charge in [0.05, 0.1) is 11.3 Å². The molecular weight excluding hydrogens is 379 g/mol. The molecule has 0 fully saturated rings. The predicted molar refractivity (Wildman–Crippen MR) is 108 cm³/mol. The molecule has 1 heterocycles. The van der Waals surface area contributed by atoms with Gasteiger partial charge in [-0.2, -0.15) is 0 Å². The number of ketones is 1. The average molecular weight is 399 g/mol. The Morgan fingerprint density at radius 2 is 1.79 bits per heavy atom. The maximum atomic E-state index is 13.7. The van der Waals surface area contributed by atoms with E-state index in [1.165, 1.54) is 12.1 Å². The molecule has 0 aliphatic rings. The van der Waals surface area contributed by atoms with Crippen molar-refractivity contribution in [2.75, 3.05) is 0 Å². The molecule has 0 spiro atoms. The molecule has 1 aromatic heterocycles. The van der Waals surface area contributed by atoms with Crippen LogP contribution < -0.4 is 0 Å². The van der Waals surface area contributed by atoms with Gasteiger partial charge in [-0.15, -0.1) is 0 Å². The van der Waals surface area contributed by atoms with E-state index in [0.29, 0.717) is 22.7 Å². The lowest BCUT2D eigenvalue weighted by molar-refractivity contribution is 0.0631. The summed E-state index contributed by atoms with van der Waals surface area (Å²) in [6.45, 7) is 3.30. The summed E-state index contributed by atoms with van der Waals surface area (Å²) >= 11 is 5.96. The van der Waals surface area contributed by atoms with Crippen molar-refractivity contribution < 1.29 is 14.3 Å². The number of aliphatic hydroxyl groups is 1. The molecule has 0 aliphatic carbocycles. The van der Waals surface area contributed by atoms with Gasteiger partial charge in [-0.25, -0.2) is 14.4 Å². The number of carbonyl (C=O) groups is 1. The van der Waals surface area contributed by atoms with E-state index in [1.54, 1.807) is 56.3 Å². The van der Waals surface area contributed by atoms with Crippen LogP contribution in [0.2, 0.25) is 5.02 Å². The van der Waals surface area contributed by atoms with Crippen LogP contribution in [0.4, 0.5) is 4.39 Å². The SMILES string of the molecule is CC(C)(O)CCC(=O)c1cc(-c2ccc(Cl)cc2)nc(-c2cccc(F)c2)n1. The highest BCUT2D eigenvalue weighted by molar-refractivity contribution is 6.30. The zero-order valence-electron chi connectivity index (χ0n) is 15.6. The smallest absolute Gasteiger partial charge is 0.181 e. The Morgan fingerprint density at radius 1 is 1.07 bits per heavy atom. The second-order valence-electron chi connectivity index (χ2n) is 7.21. The van der Waals surface area contributed by atoms with E-state index in [2.05, 4.69) is 9.97 Å². The third kappa shape index (κ3) is 5.21. The molecule has 3 aromatic rings. The van der Waals surface area contributed by atoms with Crippen LogP contribution in [0.3, 0.4) is 0 Å².